The third kappa shape index (κ3) is 5.51. The molecule has 0 spiro atoms. The number of benzene rings is 3. The number of ether oxygens (including phenoxy) is 2. The van der Waals surface area contributed by atoms with E-state index in [0.29, 0.717) is 49.6 Å². The maximum absolute atomic E-state index is 16.3. The number of hydrogen-bond acceptors (Lipinski definition) is 7. The van der Waals surface area contributed by atoms with Crippen LogP contribution < -0.4 is 20.4 Å². The Bertz CT molecular complexity index is 2030. The van der Waals surface area contributed by atoms with E-state index >= 15 is 4.39 Å². The number of anilines is 1. The van der Waals surface area contributed by atoms with Gasteiger partial charge >= 0.3 is 6.09 Å². The number of alkyl carbamates (subject to hydrolysis) is 1. The fourth-order valence-corrected chi connectivity index (χ4v) is 6.69. The van der Waals surface area contributed by atoms with Crippen LogP contribution in [0, 0.1) is 5.82 Å². The molecule has 2 fully saturated rings. The number of halogens is 1. The minimum Gasteiger partial charge on any atom is -0.451 e. The third-order valence-electron chi connectivity index (χ3n) is 8.94. The molecule has 12 heteroatoms. The van der Waals surface area contributed by atoms with Crippen LogP contribution >= 0.6 is 0 Å². The summed E-state index contributed by atoms with van der Waals surface area (Å²) in [5.41, 5.74) is -0.195. The summed E-state index contributed by atoms with van der Waals surface area (Å²) in [6.45, 7) is 8.88. The highest BCUT2D eigenvalue weighted by Gasteiger charge is 2.35. The number of carbonyl (C=O) groups is 3. The first-order chi connectivity index (χ1) is 22.4. The van der Waals surface area contributed by atoms with E-state index in [0.717, 1.165) is 10.8 Å². The zero-order valence-corrected chi connectivity index (χ0v) is 26.8. The lowest BCUT2D eigenvalue weighted by Gasteiger charge is -2.34. The molecule has 3 aromatic carbocycles. The largest absolute Gasteiger partial charge is 0.451 e. The van der Waals surface area contributed by atoms with Crippen molar-refractivity contribution in [2.45, 2.75) is 45.8 Å². The van der Waals surface area contributed by atoms with Crippen molar-refractivity contribution in [3.05, 3.63) is 70.3 Å². The molecule has 1 unspecified atom stereocenters. The lowest BCUT2D eigenvalue weighted by molar-refractivity contribution is -0.130. The lowest BCUT2D eigenvalue weighted by Crippen LogP contribution is -2.50. The SMILES string of the molecule is CC(=O)N1CCN(C(=O)c2cn3c4c(c(N5CCC(NC(=O)OC(C)(C)C)C5)c(F)cc4c2=O)Oc2cc4ccccc4cc2-3)CC1. The summed E-state index contributed by atoms with van der Waals surface area (Å²) in [4.78, 5) is 57.2. The highest BCUT2D eigenvalue weighted by atomic mass is 19.1. The van der Waals surface area contributed by atoms with Gasteiger partial charge in [-0.05, 0) is 56.2 Å². The molecule has 0 saturated carbocycles. The second-order valence-electron chi connectivity index (χ2n) is 13.3. The van der Waals surface area contributed by atoms with E-state index in [9.17, 15) is 19.2 Å². The monoisotopic (exact) mass is 641 g/mol. The number of carbonyl (C=O) groups excluding carboxylic acids is 3. The molecule has 0 bridgehead atoms. The topological polar surface area (TPSA) is 113 Å². The molecule has 3 aliphatic heterocycles. The molecule has 244 valence electrons. The Morgan fingerprint density at radius 1 is 0.979 bits per heavy atom. The normalized spacial score (nSPS) is 17.5. The van der Waals surface area contributed by atoms with Crippen LogP contribution in [0.3, 0.4) is 0 Å². The summed E-state index contributed by atoms with van der Waals surface area (Å²) in [5.74, 6) is -0.590. The molecule has 4 heterocycles. The van der Waals surface area contributed by atoms with Crippen LogP contribution in [0.4, 0.5) is 14.9 Å². The van der Waals surface area contributed by atoms with Gasteiger partial charge in [0.25, 0.3) is 5.91 Å². The van der Waals surface area contributed by atoms with Gasteiger partial charge in [-0.2, -0.15) is 0 Å². The van der Waals surface area contributed by atoms with Crippen molar-refractivity contribution in [1.82, 2.24) is 19.7 Å². The maximum atomic E-state index is 16.3. The number of rotatable bonds is 3. The number of nitrogens with one attached hydrogen (secondary N) is 1. The van der Waals surface area contributed by atoms with Gasteiger partial charge in [0, 0.05) is 52.4 Å². The van der Waals surface area contributed by atoms with Gasteiger partial charge in [-0.1, -0.05) is 24.3 Å². The Kier molecular flexibility index (Phi) is 7.33. The molecule has 1 aromatic heterocycles. The number of nitrogens with zero attached hydrogens (tertiary/aromatic N) is 4. The first-order valence-electron chi connectivity index (χ1n) is 15.8. The molecule has 4 aromatic rings. The van der Waals surface area contributed by atoms with Crippen LogP contribution in [0.15, 0.2) is 53.5 Å². The van der Waals surface area contributed by atoms with Crippen LogP contribution in [0.2, 0.25) is 0 Å². The van der Waals surface area contributed by atoms with Crippen molar-refractivity contribution in [3.63, 3.8) is 0 Å². The van der Waals surface area contributed by atoms with Gasteiger partial charge in [-0.3, -0.25) is 14.4 Å². The van der Waals surface area contributed by atoms with Gasteiger partial charge < -0.3 is 34.1 Å². The van der Waals surface area contributed by atoms with E-state index in [1.54, 1.807) is 40.0 Å². The first kappa shape index (κ1) is 30.5. The second kappa shape index (κ2) is 11.3. The number of aromatic nitrogens is 1. The van der Waals surface area contributed by atoms with Crippen LogP contribution in [0.1, 0.15) is 44.5 Å². The van der Waals surface area contributed by atoms with Gasteiger partial charge in [-0.25, -0.2) is 9.18 Å². The van der Waals surface area contributed by atoms with Crippen LogP contribution in [-0.4, -0.2) is 83.2 Å². The van der Waals surface area contributed by atoms with Gasteiger partial charge in [0.2, 0.25) is 11.3 Å². The summed E-state index contributed by atoms with van der Waals surface area (Å²) in [6, 6.07) is 12.4. The van der Waals surface area contributed by atoms with E-state index < -0.39 is 28.8 Å². The summed E-state index contributed by atoms with van der Waals surface area (Å²) >= 11 is 0. The molecular formula is C35H36FN5O6. The Morgan fingerprint density at radius 3 is 2.34 bits per heavy atom. The van der Waals surface area contributed by atoms with E-state index in [2.05, 4.69) is 5.32 Å². The number of amides is 3. The number of piperazine rings is 1. The number of hydrogen-bond donors (Lipinski definition) is 1. The van der Waals surface area contributed by atoms with E-state index in [1.165, 1.54) is 19.2 Å². The van der Waals surface area contributed by atoms with Crippen LogP contribution in [-0.2, 0) is 9.53 Å². The molecule has 2 saturated heterocycles. The Balaban J connectivity index is 1.33. The highest BCUT2D eigenvalue weighted by Crippen LogP contribution is 2.48. The second-order valence-corrected chi connectivity index (χ2v) is 13.3. The predicted octanol–water partition coefficient (Wildman–Crippen LogP) is 4.80. The smallest absolute Gasteiger partial charge is 0.407 e. The van der Waals surface area contributed by atoms with Crippen molar-refractivity contribution >= 4 is 45.3 Å². The quantitative estimate of drug-likeness (QED) is 0.301. The van der Waals surface area contributed by atoms with Crippen molar-refractivity contribution in [1.29, 1.82) is 0 Å². The van der Waals surface area contributed by atoms with Gasteiger partial charge in [-0.15, -0.1) is 0 Å². The Hall–Kier alpha value is -5.13. The lowest BCUT2D eigenvalue weighted by atomic mass is 10.0. The molecule has 47 heavy (non-hydrogen) atoms. The maximum Gasteiger partial charge on any atom is 0.407 e. The molecule has 0 radical (unpaired) electrons. The van der Waals surface area contributed by atoms with E-state index in [4.69, 9.17) is 9.47 Å². The van der Waals surface area contributed by atoms with Crippen molar-refractivity contribution < 1.29 is 28.2 Å². The average molecular weight is 642 g/mol. The van der Waals surface area contributed by atoms with Crippen LogP contribution in [0.5, 0.6) is 11.5 Å². The van der Waals surface area contributed by atoms with E-state index in [1.807, 2.05) is 36.4 Å². The van der Waals surface area contributed by atoms with E-state index in [-0.39, 0.29) is 47.4 Å². The minimum atomic E-state index is -0.669. The first-order valence-corrected chi connectivity index (χ1v) is 15.8. The molecule has 1 atom stereocenters. The average Bonchev–Trinajstić information content (AvgIpc) is 3.47. The van der Waals surface area contributed by atoms with Gasteiger partial charge in [0.15, 0.2) is 17.3 Å². The minimum absolute atomic E-state index is 0.0240. The zero-order valence-electron chi connectivity index (χ0n) is 26.8. The molecule has 1 N–H and O–H groups in total. The standard InChI is InChI=1S/C35H36FN5O6/c1-20(42)38-11-13-39(14-12-38)33(44)25-19-41-27-15-21-7-5-6-8-22(21)16-28(27)46-32-29(41)24(31(25)43)17-26(36)30(32)40-10-9-23(18-40)37-34(45)47-35(2,3)4/h5-8,15-17,19,23H,9-14,18H2,1-4H3,(H,37,45). The van der Waals surface area contributed by atoms with Crippen molar-refractivity contribution in [2.24, 2.45) is 0 Å². The molecule has 0 aliphatic carbocycles. The fourth-order valence-electron chi connectivity index (χ4n) is 6.69. The van der Waals surface area contributed by atoms with Crippen molar-refractivity contribution in [3.8, 4) is 17.2 Å². The number of pyridine rings is 1. The van der Waals surface area contributed by atoms with Gasteiger partial charge in [0.05, 0.1) is 17.1 Å². The summed E-state index contributed by atoms with van der Waals surface area (Å²) in [6.07, 6.45) is 1.53. The fraction of sp³-hybridized carbons (Fsp3) is 0.371. The van der Waals surface area contributed by atoms with Crippen LogP contribution in [0.25, 0.3) is 27.4 Å². The van der Waals surface area contributed by atoms with Gasteiger partial charge in [0.1, 0.15) is 22.4 Å². The summed E-state index contributed by atoms with van der Waals surface area (Å²) < 4.78 is 29.9. The highest BCUT2D eigenvalue weighted by molar-refractivity contribution is 6.02. The third-order valence-corrected chi connectivity index (χ3v) is 8.94. The molecule has 3 amide bonds. The molecule has 3 aliphatic rings. The molecular weight excluding hydrogens is 605 g/mol. The molecule has 11 nitrogen and oxygen atoms in total. The zero-order chi connectivity index (χ0) is 33.2. The summed E-state index contributed by atoms with van der Waals surface area (Å²) in [5, 5.41) is 4.74. The Labute approximate surface area is 270 Å². The summed E-state index contributed by atoms with van der Waals surface area (Å²) in [7, 11) is 0. The number of fused-ring (bicyclic) bond motifs is 3. The van der Waals surface area contributed by atoms with Crippen molar-refractivity contribution in [2.75, 3.05) is 44.2 Å². The molecule has 7 rings (SSSR count). The Morgan fingerprint density at radius 2 is 1.66 bits per heavy atom. The predicted molar refractivity (Wildman–Crippen MR) is 175 cm³/mol.